The predicted octanol–water partition coefficient (Wildman–Crippen LogP) is 4.29. The van der Waals surface area contributed by atoms with Crippen molar-refractivity contribution in [3.05, 3.63) is 66.5 Å². The van der Waals surface area contributed by atoms with Gasteiger partial charge in [0.1, 0.15) is 5.75 Å². The number of hydrogen-bond donors (Lipinski definition) is 1. The Bertz CT molecular complexity index is 752. The molecule has 1 heterocycles. The Morgan fingerprint density at radius 2 is 1.55 bits per heavy atom. The molecule has 0 atom stereocenters. The number of anilines is 1. The summed E-state index contributed by atoms with van der Waals surface area (Å²) < 4.78 is 5.70. The largest absolute Gasteiger partial charge is 0.424 e. The lowest BCUT2D eigenvalue weighted by Crippen LogP contribution is -1.93. The van der Waals surface area contributed by atoms with Gasteiger partial charge < -0.3 is 10.1 Å². The molecular formula is C18H17N3O. The topological polar surface area (TPSA) is 47.0 Å². The fourth-order valence-electron chi connectivity index (χ4n) is 2.12. The maximum atomic E-state index is 5.70. The summed E-state index contributed by atoms with van der Waals surface area (Å²) in [4.78, 5) is 8.57. The van der Waals surface area contributed by atoms with E-state index in [-0.39, 0.29) is 0 Å². The molecule has 1 N–H and O–H groups in total. The van der Waals surface area contributed by atoms with Crippen LogP contribution in [0.15, 0.2) is 60.9 Å². The highest BCUT2D eigenvalue weighted by atomic mass is 16.5. The van der Waals surface area contributed by atoms with Crippen molar-refractivity contribution >= 4 is 5.69 Å². The first kappa shape index (κ1) is 14.1. The maximum Gasteiger partial charge on any atom is 0.321 e. The molecular weight excluding hydrogens is 274 g/mol. The molecule has 22 heavy (non-hydrogen) atoms. The van der Waals surface area contributed by atoms with E-state index in [2.05, 4.69) is 15.3 Å². The van der Waals surface area contributed by atoms with Crippen LogP contribution in [0.3, 0.4) is 0 Å². The number of hydrogen-bond acceptors (Lipinski definition) is 4. The molecule has 0 saturated carbocycles. The zero-order chi connectivity index (χ0) is 15.4. The number of para-hydroxylation sites is 1. The Balaban J connectivity index is 1.79. The second kappa shape index (κ2) is 6.26. The summed E-state index contributed by atoms with van der Waals surface area (Å²) in [6, 6.07) is 16.3. The number of rotatable bonds is 4. The molecule has 3 rings (SSSR count). The summed E-state index contributed by atoms with van der Waals surface area (Å²) >= 11 is 0. The Hall–Kier alpha value is -2.88. The minimum absolute atomic E-state index is 0.352. The van der Waals surface area contributed by atoms with Crippen LogP contribution in [-0.4, -0.2) is 17.0 Å². The van der Waals surface area contributed by atoms with Gasteiger partial charge >= 0.3 is 6.01 Å². The van der Waals surface area contributed by atoms with Crippen molar-refractivity contribution in [2.75, 3.05) is 12.4 Å². The van der Waals surface area contributed by atoms with Crippen LogP contribution in [0.1, 0.15) is 5.56 Å². The molecule has 0 aliphatic carbocycles. The molecule has 0 bridgehead atoms. The highest BCUT2D eigenvalue weighted by Gasteiger charge is 2.04. The maximum absolute atomic E-state index is 5.70. The Kier molecular flexibility index (Phi) is 4.01. The van der Waals surface area contributed by atoms with Crippen LogP contribution in [0.5, 0.6) is 11.8 Å². The highest BCUT2D eigenvalue weighted by Crippen LogP contribution is 2.24. The lowest BCUT2D eigenvalue weighted by molar-refractivity contribution is 0.439. The van der Waals surface area contributed by atoms with Gasteiger partial charge in [-0.1, -0.05) is 30.3 Å². The summed E-state index contributed by atoms with van der Waals surface area (Å²) in [6.07, 6.45) is 3.55. The third-order valence-corrected chi connectivity index (χ3v) is 3.43. The normalized spacial score (nSPS) is 10.3. The van der Waals surface area contributed by atoms with Gasteiger partial charge in [-0.15, -0.1) is 0 Å². The van der Waals surface area contributed by atoms with Crippen LogP contribution in [0, 0.1) is 6.92 Å². The monoisotopic (exact) mass is 291 g/mol. The third-order valence-electron chi connectivity index (χ3n) is 3.43. The summed E-state index contributed by atoms with van der Waals surface area (Å²) in [6.45, 7) is 1.99. The van der Waals surface area contributed by atoms with E-state index in [4.69, 9.17) is 4.74 Å². The number of nitrogens with zero attached hydrogens (tertiary/aromatic N) is 2. The summed E-state index contributed by atoms with van der Waals surface area (Å²) in [5, 5.41) is 3.10. The minimum atomic E-state index is 0.352. The molecule has 4 nitrogen and oxygen atoms in total. The van der Waals surface area contributed by atoms with Crippen LogP contribution in [0.2, 0.25) is 0 Å². The van der Waals surface area contributed by atoms with E-state index < -0.39 is 0 Å². The van der Waals surface area contributed by atoms with Crippen LogP contribution < -0.4 is 10.1 Å². The number of aryl methyl sites for hydroxylation is 1. The van der Waals surface area contributed by atoms with Crippen LogP contribution in [0.25, 0.3) is 11.1 Å². The van der Waals surface area contributed by atoms with E-state index in [1.54, 1.807) is 12.4 Å². The first-order chi connectivity index (χ1) is 10.8. The number of nitrogens with one attached hydrogen (secondary N) is 1. The van der Waals surface area contributed by atoms with E-state index in [9.17, 15) is 0 Å². The quantitative estimate of drug-likeness (QED) is 0.779. The van der Waals surface area contributed by atoms with Gasteiger partial charge in [0.25, 0.3) is 0 Å². The van der Waals surface area contributed by atoms with Gasteiger partial charge in [-0.3, -0.25) is 0 Å². The Morgan fingerprint density at radius 1 is 0.864 bits per heavy atom. The molecule has 0 fully saturated rings. The average Bonchev–Trinajstić information content (AvgIpc) is 2.58. The number of aromatic nitrogens is 2. The van der Waals surface area contributed by atoms with Crippen LogP contribution >= 0.6 is 0 Å². The molecule has 110 valence electrons. The van der Waals surface area contributed by atoms with Gasteiger partial charge in [0.2, 0.25) is 0 Å². The lowest BCUT2D eigenvalue weighted by Gasteiger charge is -2.07. The average molecular weight is 291 g/mol. The summed E-state index contributed by atoms with van der Waals surface area (Å²) in [7, 11) is 1.90. The van der Waals surface area contributed by atoms with Crippen molar-refractivity contribution in [3.63, 3.8) is 0 Å². The standard InChI is InChI=1S/C18H17N3O/c1-13-5-3-4-6-17(13)22-18-20-11-15(12-21-18)14-7-9-16(19-2)10-8-14/h3-12,19H,1-2H3. The molecule has 0 radical (unpaired) electrons. The fourth-order valence-corrected chi connectivity index (χ4v) is 2.12. The summed E-state index contributed by atoms with van der Waals surface area (Å²) in [5.41, 5.74) is 4.16. The van der Waals surface area contributed by atoms with Crippen molar-refractivity contribution < 1.29 is 4.74 Å². The Labute approximate surface area is 129 Å². The SMILES string of the molecule is CNc1ccc(-c2cnc(Oc3ccccc3C)nc2)cc1. The molecule has 1 aromatic heterocycles. The van der Waals surface area contributed by atoms with Gasteiger partial charge in [0.05, 0.1) is 0 Å². The molecule has 0 amide bonds. The van der Waals surface area contributed by atoms with Crippen molar-refractivity contribution in [2.45, 2.75) is 6.92 Å². The van der Waals surface area contributed by atoms with Crippen molar-refractivity contribution in [1.82, 2.24) is 9.97 Å². The molecule has 0 unspecified atom stereocenters. The highest BCUT2D eigenvalue weighted by molar-refractivity contribution is 5.64. The second-order valence-electron chi connectivity index (χ2n) is 4.95. The van der Waals surface area contributed by atoms with E-state index in [0.29, 0.717) is 6.01 Å². The lowest BCUT2D eigenvalue weighted by atomic mass is 10.1. The zero-order valence-corrected chi connectivity index (χ0v) is 12.6. The predicted molar refractivity (Wildman–Crippen MR) is 88.3 cm³/mol. The van der Waals surface area contributed by atoms with Crippen molar-refractivity contribution in [1.29, 1.82) is 0 Å². The number of benzene rings is 2. The second-order valence-corrected chi connectivity index (χ2v) is 4.95. The molecule has 3 aromatic rings. The molecule has 0 aliphatic heterocycles. The summed E-state index contributed by atoms with van der Waals surface area (Å²) in [5.74, 6) is 0.772. The van der Waals surface area contributed by atoms with Gasteiger partial charge in [-0.05, 0) is 36.2 Å². The smallest absolute Gasteiger partial charge is 0.321 e. The third kappa shape index (κ3) is 3.06. The van der Waals surface area contributed by atoms with Crippen LogP contribution in [0.4, 0.5) is 5.69 Å². The first-order valence-corrected chi connectivity index (χ1v) is 7.10. The van der Waals surface area contributed by atoms with Crippen LogP contribution in [-0.2, 0) is 0 Å². The van der Waals surface area contributed by atoms with Gasteiger partial charge in [-0.25, -0.2) is 9.97 Å². The van der Waals surface area contributed by atoms with Crippen molar-refractivity contribution in [3.8, 4) is 22.9 Å². The molecule has 0 aliphatic rings. The number of ether oxygens (including phenoxy) is 1. The molecule has 0 spiro atoms. The van der Waals surface area contributed by atoms with Gasteiger partial charge in [-0.2, -0.15) is 0 Å². The van der Waals surface area contributed by atoms with Crippen molar-refractivity contribution in [2.24, 2.45) is 0 Å². The minimum Gasteiger partial charge on any atom is -0.424 e. The zero-order valence-electron chi connectivity index (χ0n) is 12.6. The molecule has 2 aromatic carbocycles. The first-order valence-electron chi connectivity index (χ1n) is 7.10. The van der Waals surface area contributed by atoms with E-state index >= 15 is 0 Å². The fraction of sp³-hybridized carbons (Fsp3) is 0.111. The van der Waals surface area contributed by atoms with E-state index in [0.717, 1.165) is 28.1 Å². The van der Waals surface area contributed by atoms with Gasteiger partial charge in [0.15, 0.2) is 0 Å². The van der Waals surface area contributed by atoms with E-state index in [1.165, 1.54) is 0 Å². The van der Waals surface area contributed by atoms with Gasteiger partial charge in [0, 0.05) is 30.7 Å². The molecule has 4 heteroatoms. The molecule has 0 saturated heterocycles. The van der Waals surface area contributed by atoms with E-state index in [1.807, 2.05) is 62.5 Å². The Morgan fingerprint density at radius 3 is 2.18 bits per heavy atom.